The third kappa shape index (κ3) is 2.32. The zero-order chi connectivity index (χ0) is 11.5. The van der Waals surface area contributed by atoms with Crippen LogP contribution in [0.25, 0.3) is 0 Å². The second-order valence-corrected chi connectivity index (χ2v) is 4.44. The Hall–Kier alpha value is -1.57. The van der Waals surface area contributed by atoms with E-state index in [1.807, 2.05) is 0 Å². The SMILES string of the molecule is Cc1ccc(C/C(N)=C2\CCCC2=O)cc1. The number of ketones is 1. The Balaban J connectivity index is 2.15. The lowest BCUT2D eigenvalue weighted by molar-refractivity contribution is -0.114. The van der Waals surface area contributed by atoms with Gasteiger partial charge in [0.2, 0.25) is 0 Å². The van der Waals surface area contributed by atoms with Crippen molar-refractivity contribution in [1.29, 1.82) is 0 Å². The molecule has 0 unspecified atom stereocenters. The predicted octanol–water partition coefficient (Wildman–Crippen LogP) is 2.50. The van der Waals surface area contributed by atoms with E-state index in [0.717, 1.165) is 24.1 Å². The highest BCUT2D eigenvalue weighted by atomic mass is 16.1. The number of carbonyl (C=O) groups excluding carboxylic acids is 1. The fraction of sp³-hybridized carbons (Fsp3) is 0.357. The standard InChI is InChI=1S/C14H17NO/c1-10-5-7-11(8-6-10)9-13(15)12-3-2-4-14(12)16/h5-8H,2-4,9,15H2,1H3/b13-12-. The largest absolute Gasteiger partial charge is 0.401 e. The number of aryl methyl sites for hydroxylation is 1. The van der Waals surface area contributed by atoms with Crippen molar-refractivity contribution in [3.8, 4) is 0 Å². The Morgan fingerprint density at radius 3 is 2.50 bits per heavy atom. The molecular formula is C14H17NO. The van der Waals surface area contributed by atoms with Gasteiger partial charge >= 0.3 is 0 Å². The summed E-state index contributed by atoms with van der Waals surface area (Å²) in [6, 6.07) is 8.29. The van der Waals surface area contributed by atoms with Crippen molar-refractivity contribution in [2.75, 3.05) is 0 Å². The molecule has 2 heteroatoms. The molecule has 0 spiro atoms. The molecular weight excluding hydrogens is 198 g/mol. The average Bonchev–Trinajstić information content (AvgIpc) is 2.68. The fourth-order valence-electron chi connectivity index (χ4n) is 2.09. The summed E-state index contributed by atoms with van der Waals surface area (Å²) in [5, 5.41) is 0. The summed E-state index contributed by atoms with van der Waals surface area (Å²) >= 11 is 0. The maximum Gasteiger partial charge on any atom is 0.160 e. The third-order valence-electron chi connectivity index (χ3n) is 3.07. The van der Waals surface area contributed by atoms with Gasteiger partial charge in [-0.15, -0.1) is 0 Å². The van der Waals surface area contributed by atoms with Gasteiger partial charge in [-0.25, -0.2) is 0 Å². The Morgan fingerprint density at radius 1 is 1.25 bits per heavy atom. The number of nitrogens with two attached hydrogens (primary N) is 1. The van der Waals surface area contributed by atoms with Gasteiger partial charge in [-0.05, 0) is 25.3 Å². The minimum absolute atomic E-state index is 0.240. The Bertz CT molecular complexity index is 429. The van der Waals surface area contributed by atoms with Crippen LogP contribution < -0.4 is 5.73 Å². The lowest BCUT2D eigenvalue weighted by Gasteiger charge is -2.05. The monoisotopic (exact) mass is 215 g/mol. The molecule has 1 aromatic rings. The van der Waals surface area contributed by atoms with Crippen molar-refractivity contribution in [2.24, 2.45) is 5.73 Å². The quantitative estimate of drug-likeness (QED) is 0.770. The Labute approximate surface area is 96.2 Å². The van der Waals surface area contributed by atoms with Crippen molar-refractivity contribution in [1.82, 2.24) is 0 Å². The van der Waals surface area contributed by atoms with Crippen molar-refractivity contribution in [3.63, 3.8) is 0 Å². The molecule has 0 bridgehead atoms. The summed E-state index contributed by atoms with van der Waals surface area (Å²) in [7, 11) is 0. The molecule has 2 nitrogen and oxygen atoms in total. The first-order valence-electron chi connectivity index (χ1n) is 5.73. The van der Waals surface area contributed by atoms with E-state index in [2.05, 4.69) is 31.2 Å². The summed E-state index contributed by atoms with van der Waals surface area (Å²) in [5.74, 6) is 0.240. The van der Waals surface area contributed by atoms with E-state index >= 15 is 0 Å². The van der Waals surface area contributed by atoms with Crippen LogP contribution >= 0.6 is 0 Å². The van der Waals surface area contributed by atoms with E-state index in [-0.39, 0.29) is 5.78 Å². The van der Waals surface area contributed by atoms with Crippen LogP contribution in [0.1, 0.15) is 30.4 Å². The molecule has 1 fully saturated rings. The highest BCUT2D eigenvalue weighted by molar-refractivity contribution is 5.98. The molecule has 0 amide bonds. The third-order valence-corrected chi connectivity index (χ3v) is 3.07. The van der Waals surface area contributed by atoms with Gasteiger partial charge in [-0.2, -0.15) is 0 Å². The van der Waals surface area contributed by atoms with Gasteiger partial charge in [-0.1, -0.05) is 29.8 Å². The number of carbonyl (C=O) groups is 1. The second-order valence-electron chi connectivity index (χ2n) is 4.44. The molecule has 0 atom stereocenters. The number of hydrogen-bond donors (Lipinski definition) is 1. The summed E-state index contributed by atoms with van der Waals surface area (Å²) in [6.45, 7) is 2.06. The molecule has 1 aliphatic carbocycles. The maximum absolute atomic E-state index is 11.5. The molecule has 1 aliphatic rings. The van der Waals surface area contributed by atoms with Crippen molar-refractivity contribution in [3.05, 3.63) is 46.7 Å². The fourth-order valence-corrected chi connectivity index (χ4v) is 2.09. The molecule has 0 radical (unpaired) electrons. The van der Waals surface area contributed by atoms with Crippen LogP contribution in [0.4, 0.5) is 0 Å². The molecule has 16 heavy (non-hydrogen) atoms. The molecule has 0 aliphatic heterocycles. The van der Waals surface area contributed by atoms with E-state index in [9.17, 15) is 4.79 Å². The predicted molar refractivity (Wildman–Crippen MR) is 65.0 cm³/mol. The van der Waals surface area contributed by atoms with E-state index < -0.39 is 0 Å². The van der Waals surface area contributed by atoms with Gasteiger partial charge in [-0.3, -0.25) is 4.79 Å². The van der Waals surface area contributed by atoms with E-state index in [1.165, 1.54) is 11.1 Å². The number of rotatable bonds is 2. The Morgan fingerprint density at radius 2 is 1.94 bits per heavy atom. The molecule has 2 N–H and O–H groups in total. The first kappa shape index (κ1) is 10.9. The van der Waals surface area contributed by atoms with Gasteiger partial charge in [0.15, 0.2) is 5.78 Å². The lowest BCUT2D eigenvalue weighted by Crippen LogP contribution is -2.08. The van der Waals surface area contributed by atoms with Crippen LogP contribution in [0.2, 0.25) is 0 Å². The lowest BCUT2D eigenvalue weighted by atomic mass is 10.0. The summed E-state index contributed by atoms with van der Waals surface area (Å²) in [5.41, 5.74) is 10.0. The van der Waals surface area contributed by atoms with E-state index in [0.29, 0.717) is 12.8 Å². The molecule has 0 heterocycles. The van der Waals surface area contributed by atoms with Crippen molar-refractivity contribution in [2.45, 2.75) is 32.6 Å². The Kier molecular flexibility index (Phi) is 3.09. The van der Waals surface area contributed by atoms with Gasteiger partial charge in [0.05, 0.1) is 0 Å². The molecule has 2 rings (SSSR count). The topological polar surface area (TPSA) is 43.1 Å². The van der Waals surface area contributed by atoms with Crippen LogP contribution in [0, 0.1) is 6.92 Å². The highest BCUT2D eigenvalue weighted by Crippen LogP contribution is 2.23. The number of Topliss-reactive ketones (excluding diaryl/α,β-unsaturated/α-hetero) is 1. The summed E-state index contributed by atoms with van der Waals surface area (Å²) < 4.78 is 0. The van der Waals surface area contributed by atoms with Crippen LogP contribution in [-0.4, -0.2) is 5.78 Å². The smallest absolute Gasteiger partial charge is 0.160 e. The number of allylic oxidation sites excluding steroid dienone is 2. The second kappa shape index (κ2) is 4.52. The van der Waals surface area contributed by atoms with E-state index in [1.54, 1.807) is 0 Å². The zero-order valence-electron chi connectivity index (χ0n) is 9.62. The summed E-state index contributed by atoms with van der Waals surface area (Å²) in [6.07, 6.45) is 3.19. The maximum atomic E-state index is 11.5. The van der Waals surface area contributed by atoms with Crippen LogP contribution in [-0.2, 0) is 11.2 Å². The van der Waals surface area contributed by atoms with Crippen LogP contribution in [0.3, 0.4) is 0 Å². The molecule has 1 aromatic carbocycles. The highest BCUT2D eigenvalue weighted by Gasteiger charge is 2.19. The minimum Gasteiger partial charge on any atom is -0.401 e. The number of hydrogen-bond acceptors (Lipinski definition) is 2. The molecule has 1 saturated carbocycles. The van der Waals surface area contributed by atoms with E-state index in [4.69, 9.17) is 5.73 Å². The zero-order valence-corrected chi connectivity index (χ0v) is 9.62. The summed E-state index contributed by atoms with van der Waals surface area (Å²) in [4.78, 5) is 11.5. The first-order chi connectivity index (χ1) is 7.66. The van der Waals surface area contributed by atoms with Gasteiger partial charge in [0, 0.05) is 24.1 Å². The van der Waals surface area contributed by atoms with Crippen molar-refractivity contribution < 1.29 is 4.79 Å². The first-order valence-corrected chi connectivity index (χ1v) is 5.73. The molecule has 0 aromatic heterocycles. The van der Waals surface area contributed by atoms with Crippen LogP contribution in [0.5, 0.6) is 0 Å². The minimum atomic E-state index is 0.240. The van der Waals surface area contributed by atoms with Gasteiger partial charge in [0.1, 0.15) is 0 Å². The normalized spacial score (nSPS) is 18.9. The molecule has 0 saturated heterocycles. The van der Waals surface area contributed by atoms with Crippen molar-refractivity contribution >= 4 is 5.78 Å². The average molecular weight is 215 g/mol. The molecule has 84 valence electrons. The number of benzene rings is 1. The van der Waals surface area contributed by atoms with Crippen LogP contribution in [0.15, 0.2) is 35.5 Å². The van der Waals surface area contributed by atoms with Gasteiger partial charge in [0.25, 0.3) is 0 Å². The van der Waals surface area contributed by atoms with Gasteiger partial charge < -0.3 is 5.73 Å².